The molecule has 0 aromatic heterocycles. The lowest BCUT2D eigenvalue weighted by Gasteiger charge is -2.22. The summed E-state index contributed by atoms with van der Waals surface area (Å²) < 4.78 is 4.70. The third-order valence-corrected chi connectivity index (χ3v) is 3.79. The van der Waals surface area contributed by atoms with Crippen LogP contribution in [0.1, 0.15) is 23.7 Å². The molecule has 1 saturated heterocycles. The van der Waals surface area contributed by atoms with Crippen LogP contribution in [-0.4, -0.2) is 32.1 Å². The van der Waals surface area contributed by atoms with E-state index in [1.807, 2.05) is 6.92 Å². The van der Waals surface area contributed by atoms with Crippen LogP contribution in [0.4, 0.5) is 5.69 Å². The van der Waals surface area contributed by atoms with Crippen molar-refractivity contribution in [1.29, 1.82) is 0 Å². The maximum absolute atomic E-state index is 12.4. The summed E-state index contributed by atoms with van der Waals surface area (Å²) in [5.74, 6) is -0.637. The smallest absolute Gasteiger partial charge is 0.339 e. The standard InChI is InChI=1S/C14H17ClN2O3/c1-14(5-6-16-8-14)13(19)17-11-7-9(15)3-4-10(11)12(18)20-2/h3-4,7,16H,5-6,8H2,1-2H3,(H,17,19). The number of carbonyl (C=O) groups excluding carboxylic acids is 2. The Bertz CT molecular complexity index is 539. The number of rotatable bonds is 3. The molecule has 1 fully saturated rings. The molecule has 5 nitrogen and oxygen atoms in total. The van der Waals surface area contributed by atoms with Crippen LogP contribution in [0.2, 0.25) is 5.02 Å². The van der Waals surface area contributed by atoms with Gasteiger partial charge in [-0.25, -0.2) is 4.79 Å². The molecule has 2 N–H and O–H groups in total. The number of carbonyl (C=O) groups is 2. The zero-order chi connectivity index (χ0) is 14.8. The van der Waals surface area contributed by atoms with E-state index in [0.717, 1.165) is 13.0 Å². The van der Waals surface area contributed by atoms with Gasteiger partial charge in [0, 0.05) is 11.6 Å². The van der Waals surface area contributed by atoms with Crippen molar-refractivity contribution in [2.24, 2.45) is 5.41 Å². The van der Waals surface area contributed by atoms with Gasteiger partial charge in [0.05, 0.1) is 23.8 Å². The summed E-state index contributed by atoms with van der Waals surface area (Å²) in [7, 11) is 1.30. The number of amides is 1. The fraction of sp³-hybridized carbons (Fsp3) is 0.429. The number of hydrogen-bond acceptors (Lipinski definition) is 4. The van der Waals surface area contributed by atoms with Gasteiger partial charge in [-0.05, 0) is 38.1 Å². The molecule has 0 bridgehead atoms. The lowest BCUT2D eigenvalue weighted by atomic mass is 9.88. The molecule has 2 rings (SSSR count). The van der Waals surface area contributed by atoms with E-state index in [-0.39, 0.29) is 5.91 Å². The Morgan fingerprint density at radius 2 is 2.20 bits per heavy atom. The van der Waals surface area contributed by atoms with E-state index in [4.69, 9.17) is 16.3 Å². The first-order valence-corrected chi connectivity index (χ1v) is 6.74. The van der Waals surface area contributed by atoms with Crippen molar-refractivity contribution < 1.29 is 14.3 Å². The van der Waals surface area contributed by atoms with Crippen LogP contribution in [0.15, 0.2) is 18.2 Å². The summed E-state index contributed by atoms with van der Waals surface area (Å²) >= 11 is 5.93. The molecule has 1 aromatic carbocycles. The van der Waals surface area contributed by atoms with Gasteiger partial charge < -0.3 is 15.4 Å². The highest BCUT2D eigenvalue weighted by Crippen LogP contribution is 2.28. The number of methoxy groups -OCH3 is 1. The molecule has 20 heavy (non-hydrogen) atoms. The van der Waals surface area contributed by atoms with Gasteiger partial charge >= 0.3 is 5.97 Å². The Kier molecular flexibility index (Phi) is 4.30. The van der Waals surface area contributed by atoms with E-state index in [0.29, 0.717) is 22.8 Å². The number of anilines is 1. The molecule has 0 radical (unpaired) electrons. The minimum Gasteiger partial charge on any atom is -0.465 e. The van der Waals surface area contributed by atoms with Crippen molar-refractivity contribution in [3.8, 4) is 0 Å². The molecular formula is C14H17ClN2O3. The normalized spacial score (nSPS) is 21.6. The zero-order valence-corrected chi connectivity index (χ0v) is 12.2. The summed E-state index contributed by atoms with van der Waals surface area (Å²) in [5, 5.41) is 6.39. The van der Waals surface area contributed by atoms with E-state index in [2.05, 4.69) is 10.6 Å². The van der Waals surface area contributed by atoms with Gasteiger partial charge in [-0.2, -0.15) is 0 Å². The highest BCUT2D eigenvalue weighted by Gasteiger charge is 2.36. The monoisotopic (exact) mass is 296 g/mol. The predicted molar refractivity (Wildman–Crippen MR) is 77.0 cm³/mol. The quantitative estimate of drug-likeness (QED) is 0.838. The lowest BCUT2D eigenvalue weighted by Crippen LogP contribution is -2.35. The molecule has 108 valence electrons. The summed E-state index contributed by atoms with van der Waals surface area (Å²) in [6.07, 6.45) is 0.757. The first kappa shape index (κ1) is 14.8. The number of esters is 1. The Hall–Kier alpha value is -1.59. The molecule has 0 aliphatic carbocycles. The molecular weight excluding hydrogens is 280 g/mol. The third kappa shape index (κ3) is 2.94. The van der Waals surface area contributed by atoms with Gasteiger partial charge in [0.25, 0.3) is 0 Å². The average Bonchev–Trinajstić information content (AvgIpc) is 2.86. The number of hydrogen-bond donors (Lipinski definition) is 2. The predicted octanol–water partition coefficient (Wildman–Crippen LogP) is 2.06. The van der Waals surface area contributed by atoms with Crippen LogP contribution in [0.25, 0.3) is 0 Å². The van der Waals surface area contributed by atoms with Crippen LogP contribution in [0.3, 0.4) is 0 Å². The highest BCUT2D eigenvalue weighted by molar-refractivity contribution is 6.31. The molecule has 0 spiro atoms. The van der Waals surface area contributed by atoms with Gasteiger partial charge in [0.15, 0.2) is 0 Å². The van der Waals surface area contributed by atoms with Crippen molar-refractivity contribution in [3.63, 3.8) is 0 Å². The minimum atomic E-state index is -0.508. The molecule has 1 aliphatic heterocycles. The summed E-state index contributed by atoms with van der Waals surface area (Å²) in [5.41, 5.74) is 0.192. The van der Waals surface area contributed by atoms with Gasteiger partial charge in [0.2, 0.25) is 5.91 Å². The van der Waals surface area contributed by atoms with Gasteiger partial charge in [-0.15, -0.1) is 0 Å². The lowest BCUT2D eigenvalue weighted by molar-refractivity contribution is -0.123. The number of halogens is 1. The van der Waals surface area contributed by atoms with E-state index < -0.39 is 11.4 Å². The van der Waals surface area contributed by atoms with E-state index in [1.54, 1.807) is 18.2 Å². The van der Waals surface area contributed by atoms with Gasteiger partial charge in [-0.1, -0.05) is 11.6 Å². The van der Waals surface area contributed by atoms with Crippen LogP contribution in [0, 0.1) is 5.41 Å². The Morgan fingerprint density at radius 3 is 2.80 bits per heavy atom. The molecule has 1 amide bonds. The fourth-order valence-corrected chi connectivity index (χ4v) is 2.36. The van der Waals surface area contributed by atoms with Gasteiger partial charge in [0.1, 0.15) is 0 Å². The van der Waals surface area contributed by atoms with Crippen molar-refractivity contribution in [2.75, 3.05) is 25.5 Å². The van der Waals surface area contributed by atoms with Crippen molar-refractivity contribution >= 4 is 29.2 Å². The average molecular weight is 297 g/mol. The van der Waals surface area contributed by atoms with Crippen molar-refractivity contribution in [2.45, 2.75) is 13.3 Å². The molecule has 0 saturated carbocycles. The highest BCUT2D eigenvalue weighted by atomic mass is 35.5. The van der Waals surface area contributed by atoms with Crippen LogP contribution in [0.5, 0.6) is 0 Å². The number of nitrogens with one attached hydrogen (secondary N) is 2. The molecule has 1 aromatic rings. The molecule has 1 atom stereocenters. The summed E-state index contributed by atoms with van der Waals surface area (Å²) in [6, 6.07) is 4.68. The Labute approximate surface area is 122 Å². The SMILES string of the molecule is COC(=O)c1ccc(Cl)cc1NC(=O)C1(C)CCNC1. The van der Waals surface area contributed by atoms with E-state index >= 15 is 0 Å². The summed E-state index contributed by atoms with van der Waals surface area (Å²) in [4.78, 5) is 24.1. The maximum Gasteiger partial charge on any atom is 0.339 e. The second-order valence-electron chi connectivity index (χ2n) is 5.12. The maximum atomic E-state index is 12.4. The summed E-state index contributed by atoms with van der Waals surface area (Å²) in [6.45, 7) is 3.32. The third-order valence-electron chi connectivity index (χ3n) is 3.55. The Morgan fingerprint density at radius 1 is 1.45 bits per heavy atom. The van der Waals surface area contributed by atoms with E-state index in [9.17, 15) is 9.59 Å². The molecule has 6 heteroatoms. The molecule has 1 unspecified atom stereocenters. The van der Waals surface area contributed by atoms with E-state index in [1.165, 1.54) is 7.11 Å². The van der Waals surface area contributed by atoms with Crippen molar-refractivity contribution in [3.05, 3.63) is 28.8 Å². The fourth-order valence-electron chi connectivity index (χ4n) is 2.19. The molecule has 1 heterocycles. The van der Waals surface area contributed by atoms with Crippen LogP contribution < -0.4 is 10.6 Å². The van der Waals surface area contributed by atoms with Crippen LogP contribution >= 0.6 is 11.6 Å². The number of ether oxygens (including phenoxy) is 1. The molecule has 1 aliphatic rings. The second kappa shape index (κ2) is 5.81. The Balaban J connectivity index is 2.26. The largest absolute Gasteiger partial charge is 0.465 e. The van der Waals surface area contributed by atoms with Crippen LogP contribution in [-0.2, 0) is 9.53 Å². The van der Waals surface area contributed by atoms with Gasteiger partial charge in [-0.3, -0.25) is 4.79 Å². The van der Waals surface area contributed by atoms with Crippen molar-refractivity contribution in [1.82, 2.24) is 5.32 Å². The first-order chi connectivity index (χ1) is 9.46. The number of benzene rings is 1. The first-order valence-electron chi connectivity index (χ1n) is 6.36. The second-order valence-corrected chi connectivity index (χ2v) is 5.56. The topological polar surface area (TPSA) is 67.4 Å². The minimum absolute atomic E-state index is 0.130. The zero-order valence-electron chi connectivity index (χ0n) is 11.5.